The molecule has 11 nitrogen and oxygen atoms in total. The molecule has 13 heteroatoms. The van der Waals surface area contributed by atoms with Crippen molar-refractivity contribution in [3.63, 3.8) is 0 Å². The van der Waals surface area contributed by atoms with Crippen molar-refractivity contribution >= 4 is 68.7 Å². The number of halogens is 2. The number of methoxy groups -OCH3 is 2. The van der Waals surface area contributed by atoms with Gasteiger partial charge in [-0.2, -0.15) is 0 Å². The van der Waals surface area contributed by atoms with Gasteiger partial charge in [-0.3, -0.25) is 14.6 Å². The highest BCUT2D eigenvalue weighted by Gasteiger charge is 2.26. The summed E-state index contributed by atoms with van der Waals surface area (Å²) >= 11 is 13.1. The molecule has 1 saturated heterocycles. The maximum Gasteiger partial charge on any atom is 0.247 e. The van der Waals surface area contributed by atoms with Gasteiger partial charge in [-0.15, -0.1) is 0 Å². The summed E-state index contributed by atoms with van der Waals surface area (Å²) in [5, 5.41) is 10.9. The minimum absolute atomic E-state index is 0.00930. The number of pyridine rings is 3. The minimum atomic E-state index is -0.517. The van der Waals surface area contributed by atoms with Gasteiger partial charge in [0.25, 0.3) is 0 Å². The van der Waals surface area contributed by atoms with Gasteiger partial charge in [0.05, 0.1) is 60.0 Å². The number of benzene rings is 1. The summed E-state index contributed by atoms with van der Waals surface area (Å²) < 4.78 is 16.2. The first-order valence-electron chi connectivity index (χ1n) is 13.2. The molecule has 1 unspecified atom stereocenters. The number of ketones is 1. The summed E-state index contributed by atoms with van der Waals surface area (Å²) in [4.78, 5) is 39.3. The smallest absolute Gasteiger partial charge is 0.247 e. The van der Waals surface area contributed by atoms with Crippen molar-refractivity contribution in [3.05, 3.63) is 76.3 Å². The van der Waals surface area contributed by atoms with Crippen molar-refractivity contribution in [3.8, 4) is 11.5 Å². The predicted molar refractivity (Wildman–Crippen MR) is 166 cm³/mol. The van der Waals surface area contributed by atoms with Gasteiger partial charge >= 0.3 is 0 Å². The van der Waals surface area contributed by atoms with Crippen molar-refractivity contribution in [2.75, 3.05) is 43.4 Å². The van der Waals surface area contributed by atoms with Crippen molar-refractivity contribution in [2.45, 2.75) is 19.4 Å². The zero-order valence-electron chi connectivity index (χ0n) is 23.6. The Kier molecular flexibility index (Phi) is 8.95. The Morgan fingerprint density at radius 2 is 1.84 bits per heavy atom. The van der Waals surface area contributed by atoms with Gasteiger partial charge in [0.2, 0.25) is 11.7 Å². The molecule has 1 fully saturated rings. The quantitative estimate of drug-likeness (QED) is 0.143. The van der Waals surface area contributed by atoms with Crippen LogP contribution in [0.3, 0.4) is 0 Å². The lowest BCUT2D eigenvalue weighted by molar-refractivity contribution is -0.111. The molecule has 0 saturated carbocycles. The predicted octanol–water partition coefficient (Wildman–Crippen LogP) is 5.96. The standard InChI is InChI=1S/C30H28Cl2N6O5/c1-5-24(39)36-20-13-33-11-15(2)28(20)38-23-9-18-16(12-34-23)8-19(37-30(18)35-17-6-7-43-14-17)29(40)25-26(31)21(41-3)10-22(42-4)27(25)32/h5,8-13,17H,1,6-7,14H2,2-4H3,(H,35,37)(H,36,39)(H,33,34,38). The highest BCUT2D eigenvalue weighted by Crippen LogP contribution is 2.42. The topological polar surface area (TPSA) is 137 Å². The first-order valence-corrected chi connectivity index (χ1v) is 13.9. The molecule has 0 aliphatic carbocycles. The monoisotopic (exact) mass is 622 g/mol. The van der Waals surface area contributed by atoms with Crippen molar-refractivity contribution in [2.24, 2.45) is 0 Å². The molecular formula is C30H28Cl2N6O5. The fourth-order valence-corrected chi connectivity index (χ4v) is 5.31. The third-order valence-electron chi connectivity index (χ3n) is 6.85. The fourth-order valence-electron chi connectivity index (χ4n) is 4.63. The van der Waals surface area contributed by atoms with Gasteiger partial charge in [-0.25, -0.2) is 9.97 Å². The Labute approximate surface area is 257 Å². The Morgan fingerprint density at radius 1 is 1.09 bits per heavy atom. The van der Waals surface area contributed by atoms with Crippen LogP contribution >= 0.6 is 23.2 Å². The first kappa shape index (κ1) is 30.0. The third-order valence-corrected chi connectivity index (χ3v) is 7.60. The summed E-state index contributed by atoms with van der Waals surface area (Å²) in [7, 11) is 2.87. The van der Waals surface area contributed by atoms with Crippen LogP contribution in [-0.4, -0.2) is 60.1 Å². The molecule has 222 valence electrons. The molecule has 4 aromatic rings. The molecule has 0 spiro atoms. The molecule has 1 aromatic carbocycles. The van der Waals surface area contributed by atoms with Crippen LogP contribution in [0.25, 0.3) is 10.8 Å². The van der Waals surface area contributed by atoms with Gasteiger partial charge in [-0.05, 0) is 37.1 Å². The molecule has 1 amide bonds. The van der Waals surface area contributed by atoms with Crippen LogP contribution in [-0.2, 0) is 9.53 Å². The van der Waals surface area contributed by atoms with E-state index in [4.69, 9.17) is 42.4 Å². The van der Waals surface area contributed by atoms with E-state index >= 15 is 0 Å². The number of hydrogen-bond donors (Lipinski definition) is 3. The molecule has 3 N–H and O–H groups in total. The van der Waals surface area contributed by atoms with Crippen molar-refractivity contribution in [1.82, 2.24) is 15.0 Å². The molecule has 1 aliphatic rings. The highest BCUT2D eigenvalue weighted by molar-refractivity contribution is 6.42. The normalized spacial score (nSPS) is 14.3. The zero-order chi connectivity index (χ0) is 30.7. The number of ether oxygens (including phenoxy) is 3. The lowest BCUT2D eigenvalue weighted by Crippen LogP contribution is -2.21. The molecular weight excluding hydrogens is 595 g/mol. The average molecular weight is 623 g/mol. The molecule has 43 heavy (non-hydrogen) atoms. The fraction of sp³-hybridized carbons (Fsp3) is 0.233. The van der Waals surface area contributed by atoms with E-state index in [1.807, 2.05) is 13.0 Å². The van der Waals surface area contributed by atoms with E-state index in [0.29, 0.717) is 47.0 Å². The van der Waals surface area contributed by atoms with Crippen molar-refractivity contribution in [1.29, 1.82) is 0 Å². The zero-order valence-corrected chi connectivity index (χ0v) is 25.1. The van der Waals surface area contributed by atoms with E-state index in [2.05, 4.69) is 32.5 Å². The largest absolute Gasteiger partial charge is 0.495 e. The van der Waals surface area contributed by atoms with Crippen LogP contribution in [0, 0.1) is 6.92 Å². The summed E-state index contributed by atoms with van der Waals surface area (Å²) in [6.45, 7) is 6.46. The Balaban J connectivity index is 1.60. The van der Waals surface area contributed by atoms with Crippen LogP contribution in [0.4, 0.5) is 23.0 Å². The van der Waals surface area contributed by atoms with Crippen LogP contribution in [0.1, 0.15) is 28.0 Å². The second-order valence-corrected chi connectivity index (χ2v) is 10.4. The lowest BCUT2D eigenvalue weighted by atomic mass is 10.0. The Bertz CT molecular complexity index is 1710. The first-order chi connectivity index (χ1) is 20.7. The maximum absolute atomic E-state index is 13.9. The number of aromatic nitrogens is 3. The second-order valence-electron chi connectivity index (χ2n) is 9.66. The van der Waals surface area contributed by atoms with Gasteiger partial charge < -0.3 is 30.2 Å². The molecule has 4 heterocycles. The molecule has 3 aromatic heterocycles. The molecule has 0 radical (unpaired) electrons. The number of nitrogens with one attached hydrogen (secondary N) is 3. The number of hydrogen-bond acceptors (Lipinski definition) is 10. The Morgan fingerprint density at radius 3 is 2.49 bits per heavy atom. The number of amides is 1. The van der Waals surface area contributed by atoms with Gasteiger partial charge in [-0.1, -0.05) is 29.8 Å². The molecule has 1 aliphatic heterocycles. The van der Waals surface area contributed by atoms with Crippen LogP contribution in [0.2, 0.25) is 10.0 Å². The van der Waals surface area contributed by atoms with E-state index < -0.39 is 5.78 Å². The third kappa shape index (κ3) is 6.19. The van der Waals surface area contributed by atoms with E-state index in [1.54, 1.807) is 18.5 Å². The minimum Gasteiger partial charge on any atom is -0.495 e. The number of aryl methyl sites for hydroxylation is 1. The van der Waals surface area contributed by atoms with E-state index in [0.717, 1.165) is 12.0 Å². The maximum atomic E-state index is 13.9. The second kappa shape index (κ2) is 12.8. The number of nitrogens with zero attached hydrogens (tertiary/aromatic N) is 3. The summed E-state index contributed by atoms with van der Waals surface area (Å²) in [5.74, 6) is 0.517. The number of fused-ring (bicyclic) bond motifs is 1. The van der Waals surface area contributed by atoms with Gasteiger partial charge in [0, 0.05) is 35.8 Å². The van der Waals surface area contributed by atoms with Crippen LogP contribution < -0.4 is 25.4 Å². The van der Waals surface area contributed by atoms with Gasteiger partial charge in [0.1, 0.15) is 28.8 Å². The van der Waals surface area contributed by atoms with Crippen LogP contribution in [0.5, 0.6) is 11.5 Å². The number of carbonyl (C=O) groups is 2. The SMILES string of the molecule is C=CC(=O)Nc1cncc(C)c1Nc1cc2c(NC3CCOC3)nc(C(=O)c3c(Cl)c(OC)cc(OC)c3Cl)cc2cn1. The van der Waals surface area contributed by atoms with E-state index in [9.17, 15) is 9.59 Å². The van der Waals surface area contributed by atoms with E-state index in [1.165, 1.54) is 32.6 Å². The molecule has 5 rings (SSSR count). The molecule has 0 bridgehead atoms. The average Bonchev–Trinajstić information content (AvgIpc) is 3.52. The van der Waals surface area contributed by atoms with Crippen molar-refractivity contribution < 1.29 is 23.8 Å². The number of rotatable bonds is 10. The highest BCUT2D eigenvalue weighted by atomic mass is 35.5. The number of anilines is 4. The lowest BCUT2D eigenvalue weighted by Gasteiger charge is -2.18. The molecule has 1 atom stereocenters. The van der Waals surface area contributed by atoms with Gasteiger partial charge in [0.15, 0.2) is 0 Å². The summed E-state index contributed by atoms with van der Waals surface area (Å²) in [6.07, 6.45) is 6.78. The Hall–Kier alpha value is -4.45. The van der Waals surface area contributed by atoms with E-state index in [-0.39, 0.29) is 44.8 Å². The summed E-state index contributed by atoms with van der Waals surface area (Å²) in [5.41, 5.74) is 1.97. The number of carbonyl (C=O) groups excluding carboxylic acids is 2. The summed E-state index contributed by atoms with van der Waals surface area (Å²) in [6, 6.07) is 4.93. The van der Waals surface area contributed by atoms with Crippen LogP contribution in [0.15, 0.2) is 49.4 Å².